The Morgan fingerprint density at radius 3 is 2.45 bits per heavy atom. The first-order chi connectivity index (χ1) is 14.0. The van der Waals surface area contributed by atoms with Gasteiger partial charge in [-0.1, -0.05) is 53.0 Å². The van der Waals surface area contributed by atoms with Crippen LogP contribution in [-0.4, -0.2) is 34.8 Å². The summed E-state index contributed by atoms with van der Waals surface area (Å²) in [6.45, 7) is 0. The number of likely N-dealkylation sites (tertiary alicyclic amines) is 1. The zero-order chi connectivity index (χ0) is 20.5. The van der Waals surface area contributed by atoms with Gasteiger partial charge in [0.15, 0.2) is 0 Å². The average Bonchev–Trinajstić information content (AvgIpc) is 3.35. The van der Waals surface area contributed by atoms with Crippen LogP contribution in [0.15, 0.2) is 58.6 Å². The molecule has 1 atom stereocenters. The summed E-state index contributed by atoms with van der Waals surface area (Å²) in [6.07, 6.45) is 3.80. The van der Waals surface area contributed by atoms with Crippen molar-refractivity contribution in [1.82, 2.24) is 4.90 Å². The number of hydrogen-bond acceptors (Lipinski definition) is 4. The molecule has 6 heteroatoms. The number of aliphatic hydroxyl groups excluding tert-OH is 1. The molecule has 1 aliphatic carbocycles. The van der Waals surface area contributed by atoms with E-state index in [1.165, 1.54) is 0 Å². The summed E-state index contributed by atoms with van der Waals surface area (Å²) >= 11 is 3.38. The molecule has 1 saturated carbocycles. The van der Waals surface area contributed by atoms with Crippen molar-refractivity contribution in [2.45, 2.75) is 37.8 Å². The minimum atomic E-state index is -0.634. The number of nitrogens with zero attached hydrogens (tertiary/aromatic N) is 1. The second-order valence-corrected chi connectivity index (χ2v) is 8.34. The number of amides is 1. The number of carbonyl (C=O) groups is 2. The second-order valence-electron chi connectivity index (χ2n) is 7.43. The van der Waals surface area contributed by atoms with Gasteiger partial charge < -0.3 is 14.7 Å². The maximum absolute atomic E-state index is 13.0. The molecule has 0 bridgehead atoms. The molecular formula is C23H22BrNO4. The van der Waals surface area contributed by atoms with E-state index in [4.69, 9.17) is 4.74 Å². The highest BCUT2D eigenvalue weighted by Crippen LogP contribution is 2.44. The number of halogens is 1. The van der Waals surface area contributed by atoms with Crippen molar-refractivity contribution in [2.75, 3.05) is 7.11 Å². The van der Waals surface area contributed by atoms with E-state index in [0.717, 1.165) is 35.7 Å². The van der Waals surface area contributed by atoms with E-state index in [9.17, 15) is 14.7 Å². The first-order valence-electron chi connectivity index (χ1n) is 9.71. The van der Waals surface area contributed by atoms with Crippen LogP contribution in [0.1, 0.15) is 42.9 Å². The van der Waals surface area contributed by atoms with E-state index < -0.39 is 17.7 Å². The van der Waals surface area contributed by atoms with Crippen LogP contribution < -0.4 is 4.74 Å². The van der Waals surface area contributed by atoms with Gasteiger partial charge in [-0.05, 0) is 42.7 Å². The van der Waals surface area contributed by atoms with Crippen molar-refractivity contribution in [3.05, 3.63) is 69.7 Å². The van der Waals surface area contributed by atoms with Crippen molar-refractivity contribution in [2.24, 2.45) is 0 Å². The van der Waals surface area contributed by atoms with E-state index >= 15 is 0 Å². The Morgan fingerprint density at radius 1 is 1.10 bits per heavy atom. The molecule has 1 amide bonds. The first kappa shape index (κ1) is 19.7. The molecule has 1 unspecified atom stereocenters. The summed E-state index contributed by atoms with van der Waals surface area (Å²) < 4.78 is 6.22. The number of rotatable bonds is 4. The lowest BCUT2D eigenvalue weighted by atomic mass is 9.94. The number of methoxy groups -OCH3 is 1. The normalized spacial score (nSPS) is 21.7. The summed E-state index contributed by atoms with van der Waals surface area (Å²) in [5, 5.41) is 11.1. The highest BCUT2D eigenvalue weighted by atomic mass is 79.9. The van der Waals surface area contributed by atoms with Crippen LogP contribution in [0.5, 0.6) is 5.75 Å². The minimum Gasteiger partial charge on any atom is -0.507 e. The van der Waals surface area contributed by atoms with Crippen LogP contribution in [0, 0.1) is 0 Å². The number of hydrogen-bond donors (Lipinski definition) is 1. The molecule has 1 heterocycles. The van der Waals surface area contributed by atoms with Gasteiger partial charge in [0.05, 0.1) is 18.7 Å². The standard InChI is InChI=1S/C23H22BrNO4/c1-29-18-8-4-5-15(13-18)20-19(21(26)14-9-11-16(24)12-10-14)22(27)23(28)25(20)17-6-2-3-7-17/h4-5,8-13,17,20,26H,2-3,6-7H2,1H3/b21-19-. The number of carbonyl (C=O) groups excluding carboxylic acids is 2. The molecule has 4 rings (SSSR count). The Bertz CT molecular complexity index is 977. The maximum Gasteiger partial charge on any atom is 0.295 e. The van der Waals surface area contributed by atoms with Crippen LogP contribution >= 0.6 is 15.9 Å². The SMILES string of the molecule is COc1cccc(C2/C(=C(/O)c3ccc(Br)cc3)C(=O)C(=O)N2C2CCCC2)c1. The lowest BCUT2D eigenvalue weighted by Gasteiger charge is -2.31. The molecule has 29 heavy (non-hydrogen) atoms. The van der Waals surface area contributed by atoms with Crippen LogP contribution in [-0.2, 0) is 9.59 Å². The van der Waals surface area contributed by atoms with E-state index in [0.29, 0.717) is 11.3 Å². The van der Waals surface area contributed by atoms with Crippen LogP contribution in [0.4, 0.5) is 0 Å². The number of ketones is 1. The van der Waals surface area contributed by atoms with E-state index in [-0.39, 0.29) is 17.4 Å². The highest BCUT2D eigenvalue weighted by molar-refractivity contribution is 9.10. The maximum atomic E-state index is 13.0. The third-order valence-corrected chi connectivity index (χ3v) is 6.25. The van der Waals surface area contributed by atoms with E-state index in [1.54, 1.807) is 36.3 Å². The molecule has 5 nitrogen and oxygen atoms in total. The topological polar surface area (TPSA) is 66.8 Å². The molecule has 0 spiro atoms. The Labute approximate surface area is 178 Å². The number of benzene rings is 2. The molecule has 1 saturated heterocycles. The van der Waals surface area contributed by atoms with Crippen molar-refractivity contribution in [1.29, 1.82) is 0 Å². The quantitative estimate of drug-likeness (QED) is 0.407. The van der Waals surface area contributed by atoms with E-state index in [1.807, 2.05) is 24.3 Å². The van der Waals surface area contributed by atoms with E-state index in [2.05, 4.69) is 15.9 Å². The van der Waals surface area contributed by atoms with Crippen LogP contribution in [0.2, 0.25) is 0 Å². The highest BCUT2D eigenvalue weighted by Gasteiger charge is 2.49. The molecular weight excluding hydrogens is 434 g/mol. The van der Waals surface area contributed by atoms with Gasteiger partial charge in [0.1, 0.15) is 11.5 Å². The van der Waals surface area contributed by atoms with Gasteiger partial charge in [0, 0.05) is 16.1 Å². The van der Waals surface area contributed by atoms with Gasteiger partial charge in [-0.25, -0.2) is 0 Å². The molecule has 150 valence electrons. The zero-order valence-corrected chi connectivity index (χ0v) is 17.7. The third kappa shape index (κ3) is 3.57. The fraction of sp³-hybridized carbons (Fsp3) is 0.304. The van der Waals surface area contributed by atoms with Crippen molar-refractivity contribution in [3.8, 4) is 5.75 Å². The van der Waals surface area contributed by atoms with Crippen molar-refractivity contribution < 1.29 is 19.4 Å². The molecule has 0 aromatic heterocycles. The molecule has 1 aliphatic heterocycles. The predicted molar refractivity (Wildman–Crippen MR) is 114 cm³/mol. The van der Waals surface area contributed by atoms with Gasteiger partial charge in [-0.3, -0.25) is 9.59 Å². The molecule has 1 N–H and O–H groups in total. The lowest BCUT2D eigenvalue weighted by molar-refractivity contribution is -0.141. The fourth-order valence-electron chi connectivity index (χ4n) is 4.31. The fourth-order valence-corrected chi connectivity index (χ4v) is 4.58. The summed E-state index contributed by atoms with van der Waals surface area (Å²) in [5.74, 6) is -0.680. The Morgan fingerprint density at radius 2 is 1.79 bits per heavy atom. The molecule has 2 aromatic rings. The summed E-state index contributed by atoms with van der Waals surface area (Å²) in [7, 11) is 1.58. The smallest absolute Gasteiger partial charge is 0.295 e. The largest absolute Gasteiger partial charge is 0.507 e. The molecule has 0 radical (unpaired) electrons. The predicted octanol–water partition coefficient (Wildman–Crippen LogP) is 4.82. The number of aliphatic hydroxyl groups is 1. The zero-order valence-electron chi connectivity index (χ0n) is 16.1. The van der Waals surface area contributed by atoms with Crippen LogP contribution in [0.25, 0.3) is 5.76 Å². The Kier molecular flexibility index (Phi) is 5.46. The van der Waals surface area contributed by atoms with Gasteiger partial charge >= 0.3 is 0 Å². The number of Topliss-reactive ketones (excluding diaryl/α,β-unsaturated/α-hetero) is 1. The van der Waals surface area contributed by atoms with Crippen molar-refractivity contribution >= 4 is 33.4 Å². The molecule has 2 aromatic carbocycles. The van der Waals surface area contributed by atoms with Crippen LogP contribution in [0.3, 0.4) is 0 Å². The van der Waals surface area contributed by atoms with Crippen molar-refractivity contribution in [3.63, 3.8) is 0 Å². The first-order valence-corrected chi connectivity index (χ1v) is 10.5. The van der Waals surface area contributed by atoms with Gasteiger partial charge in [-0.2, -0.15) is 0 Å². The van der Waals surface area contributed by atoms with Gasteiger partial charge in [0.25, 0.3) is 11.7 Å². The Hall–Kier alpha value is -2.60. The summed E-state index contributed by atoms with van der Waals surface area (Å²) in [4.78, 5) is 27.7. The number of ether oxygens (including phenoxy) is 1. The second kappa shape index (κ2) is 8.03. The Balaban J connectivity index is 1.89. The summed E-state index contributed by atoms with van der Waals surface area (Å²) in [5.41, 5.74) is 1.40. The lowest BCUT2D eigenvalue weighted by Crippen LogP contribution is -2.37. The minimum absolute atomic E-state index is 0.00197. The third-order valence-electron chi connectivity index (χ3n) is 5.73. The van der Waals surface area contributed by atoms with Gasteiger partial charge in [0.2, 0.25) is 0 Å². The average molecular weight is 456 g/mol. The summed E-state index contributed by atoms with van der Waals surface area (Å²) in [6, 6.07) is 13.8. The van der Waals surface area contributed by atoms with Gasteiger partial charge in [-0.15, -0.1) is 0 Å². The molecule has 2 fully saturated rings. The molecule has 2 aliphatic rings. The monoisotopic (exact) mass is 455 g/mol.